The number of aliphatic hydroxyl groups is 1. The number of aliphatic hydroxyl groups excluding tert-OH is 1. The van der Waals surface area contributed by atoms with Crippen LogP contribution in [0.3, 0.4) is 0 Å². The Morgan fingerprint density at radius 3 is 1.63 bits per heavy atom. The molecule has 0 heterocycles. The summed E-state index contributed by atoms with van der Waals surface area (Å²) in [6, 6.07) is 12.9. The van der Waals surface area contributed by atoms with Crippen LogP contribution in [-0.2, 0) is 0 Å². The third-order valence-electron chi connectivity index (χ3n) is 3.29. The third-order valence-corrected chi connectivity index (χ3v) is 4.46. The van der Waals surface area contributed by atoms with E-state index in [0.717, 1.165) is 0 Å². The molecule has 3 rings (SSSR count). The van der Waals surface area contributed by atoms with Gasteiger partial charge in [0.05, 0.1) is 0 Å². The molecule has 1 aliphatic carbocycles. The summed E-state index contributed by atoms with van der Waals surface area (Å²) in [5.41, 5.74) is 5.03. The van der Waals surface area contributed by atoms with Crippen LogP contribution in [0.1, 0.15) is 17.0 Å². The molecular formula is C14H12As2Cl2O. The molecule has 1 N–H and O–H groups in total. The maximum absolute atomic E-state index is 9.63. The molecule has 0 fully saturated rings. The van der Waals surface area contributed by atoms with Crippen molar-refractivity contribution in [2.75, 3.05) is 6.61 Å². The fourth-order valence-electron chi connectivity index (χ4n) is 2.53. The van der Waals surface area contributed by atoms with Crippen LogP contribution in [-0.4, -0.2) is 45.4 Å². The first kappa shape index (κ1) is 17.1. The van der Waals surface area contributed by atoms with Gasteiger partial charge in [-0.3, -0.25) is 0 Å². The molecule has 2 aromatic carbocycles. The predicted molar refractivity (Wildman–Crippen MR) is 86.1 cm³/mol. The second-order valence-electron chi connectivity index (χ2n) is 4.28. The Bertz CT molecular complexity index is 550. The first-order valence-corrected chi connectivity index (χ1v) is 7.35. The van der Waals surface area contributed by atoms with Crippen molar-refractivity contribution in [3.05, 3.63) is 47.5 Å². The van der Waals surface area contributed by atoms with Crippen LogP contribution in [0, 0.1) is 0 Å². The van der Waals surface area contributed by atoms with Gasteiger partial charge in [0, 0.05) is 0 Å². The van der Waals surface area contributed by atoms with Crippen LogP contribution in [0.2, 0.25) is 0 Å². The molecule has 0 bridgehead atoms. The van der Waals surface area contributed by atoms with Gasteiger partial charge in [0.2, 0.25) is 0 Å². The summed E-state index contributed by atoms with van der Waals surface area (Å²) in [4.78, 5) is 0. The number of hydrogen-bond donors (Lipinski definition) is 1. The Kier molecular flexibility index (Phi) is 6.05. The van der Waals surface area contributed by atoms with Crippen molar-refractivity contribution >= 4 is 67.2 Å². The van der Waals surface area contributed by atoms with Gasteiger partial charge >= 0.3 is 119 Å². The summed E-state index contributed by atoms with van der Waals surface area (Å²) >= 11 is 5.13. The van der Waals surface area contributed by atoms with Gasteiger partial charge in [-0.2, -0.15) is 0 Å². The quantitative estimate of drug-likeness (QED) is 0.693. The molecule has 19 heavy (non-hydrogen) atoms. The topological polar surface area (TPSA) is 20.2 Å². The van der Waals surface area contributed by atoms with Crippen LogP contribution in [0.4, 0.5) is 0 Å². The van der Waals surface area contributed by atoms with Gasteiger partial charge < -0.3 is 0 Å². The van der Waals surface area contributed by atoms with E-state index in [4.69, 9.17) is 0 Å². The molecule has 5 heteroatoms. The van der Waals surface area contributed by atoms with Crippen molar-refractivity contribution in [2.45, 2.75) is 5.92 Å². The molecule has 1 aliphatic rings. The molecule has 4 radical (unpaired) electrons. The Balaban J connectivity index is 0.000000902. The zero-order valence-corrected chi connectivity index (χ0v) is 15.3. The molecule has 0 saturated carbocycles. The number of hydrogen-bond acceptors (Lipinski definition) is 1. The van der Waals surface area contributed by atoms with Crippen LogP contribution < -0.4 is 8.70 Å². The average Bonchev–Trinajstić information content (AvgIpc) is 2.60. The monoisotopic (exact) mass is 416 g/mol. The maximum atomic E-state index is 9.63. The fraction of sp³-hybridized carbons (Fsp3) is 0.143. The van der Waals surface area contributed by atoms with Crippen molar-refractivity contribution < 1.29 is 5.11 Å². The van der Waals surface area contributed by atoms with E-state index in [2.05, 4.69) is 70.1 Å². The fourth-order valence-corrected chi connectivity index (χ4v) is 3.43. The Labute approximate surface area is 143 Å². The molecule has 98 valence electrons. The molecule has 0 amide bonds. The van der Waals surface area contributed by atoms with E-state index in [1.54, 1.807) is 0 Å². The minimum absolute atomic E-state index is 0. The van der Waals surface area contributed by atoms with Crippen molar-refractivity contribution in [3.63, 3.8) is 0 Å². The molecule has 2 aromatic rings. The van der Waals surface area contributed by atoms with Gasteiger partial charge in [0.1, 0.15) is 0 Å². The zero-order chi connectivity index (χ0) is 12.0. The van der Waals surface area contributed by atoms with Crippen LogP contribution in [0.15, 0.2) is 36.4 Å². The minimum atomic E-state index is 0. The zero-order valence-electron chi connectivity index (χ0n) is 9.91. The van der Waals surface area contributed by atoms with Crippen LogP contribution >= 0.6 is 24.8 Å². The summed E-state index contributed by atoms with van der Waals surface area (Å²) < 4.78 is 2.38. The summed E-state index contributed by atoms with van der Waals surface area (Å²) in [5.74, 6) is 0.133. The van der Waals surface area contributed by atoms with E-state index >= 15 is 0 Å². The molecule has 0 atom stereocenters. The first-order valence-electron chi connectivity index (χ1n) is 5.48. The first-order chi connectivity index (χ1) is 8.20. The molecule has 0 saturated heterocycles. The van der Waals surface area contributed by atoms with Crippen LogP contribution in [0.25, 0.3) is 11.1 Å². The van der Waals surface area contributed by atoms with E-state index < -0.39 is 0 Å². The Morgan fingerprint density at radius 1 is 0.842 bits per heavy atom. The van der Waals surface area contributed by atoms with Crippen LogP contribution in [0.5, 0.6) is 0 Å². The second kappa shape index (κ2) is 6.70. The number of rotatable bonds is 1. The van der Waals surface area contributed by atoms with Gasteiger partial charge in [-0.1, -0.05) is 0 Å². The Morgan fingerprint density at radius 2 is 1.26 bits per heavy atom. The number of benzene rings is 2. The van der Waals surface area contributed by atoms with Gasteiger partial charge in [0.15, 0.2) is 0 Å². The number of halogens is 2. The van der Waals surface area contributed by atoms with Gasteiger partial charge in [-0.05, 0) is 0 Å². The number of fused-ring (bicyclic) bond motifs is 3. The third kappa shape index (κ3) is 2.92. The van der Waals surface area contributed by atoms with Gasteiger partial charge in [0.25, 0.3) is 0 Å². The molecule has 0 aliphatic heterocycles. The summed E-state index contributed by atoms with van der Waals surface area (Å²) in [6.07, 6.45) is 0. The van der Waals surface area contributed by atoms with E-state index in [-0.39, 0.29) is 37.3 Å². The molecule has 0 spiro atoms. The predicted octanol–water partition coefficient (Wildman–Crippen LogP) is 1.22. The van der Waals surface area contributed by atoms with Crippen molar-refractivity contribution in [1.82, 2.24) is 0 Å². The molecular weight excluding hydrogens is 405 g/mol. The van der Waals surface area contributed by atoms with E-state index in [0.29, 0.717) is 0 Å². The van der Waals surface area contributed by atoms with Gasteiger partial charge in [-0.15, -0.1) is 24.8 Å². The summed E-state index contributed by atoms with van der Waals surface area (Å²) in [5, 5.41) is 9.63. The van der Waals surface area contributed by atoms with E-state index in [1.807, 2.05) is 0 Å². The SMILES string of the molecule is Cl.Cl.OCC1c2cc([As])ccc2-c2ccc([As])cc21. The standard InChI is InChI=1S/C14H10As2O.2ClH/c15-8-1-3-10-11-4-2-9(16)6-13(11)14(7-17)12(10)5-8;;/h1-6,14,17H,7H2;2*1H. The van der Waals surface area contributed by atoms with Gasteiger partial charge in [-0.25, -0.2) is 0 Å². The average molecular weight is 417 g/mol. The summed E-state index contributed by atoms with van der Waals surface area (Å²) in [6.45, 7) is 0.174. The molecule has 1 nitrogen and oxygen atoms in total. The summed E-state index contributed by atoms with van der Waals surface area (Å²) in [7, 11) is 0. The van der Waals surface area contributed by atoms with Crippen molar-refractivity contribution in [1.29, 1.82) is 0 Å². The van der Waals surface area contributed by atoms with Crippen molar-refractivity contribution in [2.24, 2.45) is 0 Å². The van der Waals surface area contributed by atoms with E-state index in [9.17, 15) is 5.11 Å². The molecule has 0 aromatic heterocycles. The van der Waals surface area contributed by atoms with Crippen molar-refractivity contribution in [3.8, 4) is 11.1 Å². The normalized spacial score (nSPS) is 12.2. The Hall–Kier alpha value is 0.0969. The second-order valence-corrected chi connectivity index (χ2v) is 6.45. The molecule has 0 unspecified atom stereocenters. The van der Waals surface area contributed by atoms with E-state index in [1.165, 1.54) is 31.0 Å².